The first kappa shape index (κ1) is 11.5. The highest BCUT2D eigenvalue weighted by Crippen LogP contribution is 2.51. The van der Waals surface area contributed by atoms with Crippen molar-refractivity contribution >= 4 is 17.4 Å². The lowest BCUT2D eigenvalue weighted by molar-refractivity contribution is 0.380. The molecule has 2 rings (SSSR count). The van der Waals surface area contributed by atoms with Gasteiger partial charge in [-0.3, -0.25) is 0 Å². The highest BCUT2D eigenvalue weighted by atomic mass is 35.5. The molecule has 0 radical (unpaired) electrons. The van der Waals surface area contributed by atoms with Gasteiger partial charge >= 0.3 is 6.01 Å². The molecule has 88 valence electrons. The number of methoxy groups -OCH3 is 1. The molecule has 1 N–H and O–H groups in total. The van der Waals surface area contributed by atoms with Crippen LogP contribution in [0.5, 0.6) is 6.01 Å². The van der Waals surface area contributed by atoms with E-state index in [1.807, 2.05) is 0 Å². The van der Waals surface area contributed by atoms with Crippen LogP contribution in [0, 0.1) is 11.3 Å². The standard InChI is InChI=1S/C11H16ClN3O/c1-11(2)4-7(11)5-13-9-8(12)6-14-10(15-9)16-3/h6-7H,4-5H2,1-3H3,(H,13,14,15). The zero-order valence-corrected chi connectivity index (χ0v) is 10.5. The average Bonchev–Trinajstić information content (AvgIpc) is 2.85. The summed E-state index contributed by atoms with van der Waals surface area (Å²) in [5.74, 6) is 1.35. The summed E-state index contributed by atoms with van der Waals surface area (Å²) in [6.07, 6.45) is 2.80. The lowest BCUT2D eigenvalue weighted by Gasteiger charge is -2.09. The van der Waals surface area contributed by atoms with Crippen LogP contribution in [0.4, 0.5) is 5.82 Å². The third-order valence-corrected chi connectivity index (χ3v) is 3.41. The molecule has 0 amide bonds. The minimum absolute atomic E-state index is 0.335. The predicted molar refractivity (Wildman–Crippen MR) is 64.0 cm³/mol. The monoisotopic (exact) mass is 241 g/mol. The summed E-state index contributed by atoms with van der Waals surface area (Å²) in [5.41, 5.74) is 0.455. The molecule has 1 saturated carbocycles. The maximum atomic E-state index is 5.99. The second kappa shape index (κ2) is 4.09. The average molecular weight is 242 g/mol. The van der Waals surface area contributed by atoms with Crippen LogP contribution < -0.4 is 10.1 Å². The molecule has 1 atom stereocenters. The highest BCUT2D eigenvalue weighted by Gasteiger charge is 2.45. The highest BCUT2D eigenvalue weighted by molar-refractivity contribution is 6.32. The van der Waals surface area contributed by atoms with E-state index in [1.165, 1.54) is 13.5 Å². The van der Waals surface area contributed by atoms with Crippen LogP contribution in [-0.4, -0.2) is 23.6 Å². The van der Waals surface area contributed by atoms with Gasteiger partial charge in [0, 0.05) is 6.54 Å². The molecule has 1 unspecified atom stereocenters. The first-order valence-corrected chi connectivity index (χ1v) is 5.71. The van der Waals surface area contributed by atoms with E-state index in [1.54, 1.807) is 6.20 Å². The summed E-state index contributed by atoms with van der Waals surface area (Å²) in [5, 5.41) is 3.77. The van der Waals surface area contributed by atoms with Gasteiger partial charge in [0.25, 0.3) is 0 Å². The van der Waals surface area contributed by atoms with Gasteiger partial charge in [-0.1, -0.05) is 25.4 Å². The lowest BCUT2D eigenvalue weighted by Crippen LogP contribution is -2.09. The molecule has 1 aliphatic carbocycles. The zero-order valence-electron chi connectivity index (χ0n) is 9.75. The maximum Gasteiger partial charge on any atom is 0.318 e. The molecule has 1 fully saturated rings. The molecule has 1 heterocycles. The summed E-state index contributed by atoms with van der Waals surface area (Å²) in [6, 6.07) is 0.335. The van der Waals surface area contributed by atoms with Gasteiger partial charge in [-0.25, -0.2) is 4.98 Å². The molecule has 0 aromatic carbocycles. The van der Waals surface area contributed by atoms with Crippen LogP contribution in [0.15, 0.2) is 6.20 Å². The summed E-state index contributed by atoms with van der Waals surface area (Å²) in [7, 11) is 1.54. The van der Waals surface area contributed by atoms with Crippen LogP contribution in [0.3, 0.4) is 0 Å². The molecule has 16 heavy (non-hydrogen) atoms. The smallest absolute Gasteiger partial charge is 0.318 e. The van der Waals surface area contributed by atoms with Crippen molar-refractivity contribution in [2.24, 2.45) is 11.3 Å². The molecule has 0 saturated heterocycles. The molecule has 4 nitrogen and oxygen atoms in total. The Hall–Kier alpha value is -1.03. The first-order valence-electron chi connectivity index (χ1n) is 5.33. The summed E-state index contributed by atoms with van der Waals surface area (Å²) >= 11 is 5.99. The number of rotatable bonds is 4. The van der Waals surface area contributed by atoms with Gasteiger partial charge in [0.2, 0.25) is 0 Å². The molecule has 5 heteroatoms. The molecule has 1 aromatic rings. The Bertz CT molecular complexity index is 395. The van der Waals surface area contributed by atoms with Crippen molar-refractivity contribution in [3.8, 4) is 6.01 Å². The van der Waals surface area contributed by atoms with E-state index in [-0.39, 0.29) is 0 Å². The predicted octanol–water partition coefficient (Wildman–Crippen LogP) is 2.60. The van der Waals surface area contributed by atoms with Crippen molar-refractivity contribution in [2.75, 3.05) is 19.0 Å². The Morgan fingerprint density at radius 3 is 2.88 bits per heavy atom. The maximum absolute atomic E-state index is 5.99. The Morgan fingerprint density at radius 1 is 1.62 bits per heavy atom. The Balaban J connectivity index is 1.98. The van der Waals surface area contributed by atoms with E-state index >= 15 is 0 Å². The lowest BCUT2D eigenvalue weighted by atomic mass is 10.1. The number of nitrogens with one attached hydrogen (secondary N) is 1. The van der Waals surface area contributed by atoms with Crippen LogP contribution in [0.25, 0.3) is 0 Å². The third-order valence-electron chi connectivity index (χ3n) is 3.14. The molecule has 0 spiro atoms. The fourth-order valence-electron chi connectivity index (χ4n) is 1.72. The van der Waals surface area contributed by atoms with E-state index in [0.29, 0.717) is 28.2 Å². The molecule has 1 aliphatic rings. The molecule has 1 aromatic heterocycles. The van der Waals surface area contributed by atoms with Crippen LogP contribution in [0.1, 0.15) is 20.3 Å². The number of hydrogen-bond acceptors (Lipinski definition) is 4. The van der Waals surface area contributed by atoms with Crippen molar-refractivity contribution in [1.29, 1.82) is 0 Å². The molecular weight excluding hydrogens is 226 g/mol. The number of hydrogen-bond donors (Lipinski definition) is 1. The van der Waals surface area contributed by atoms with Gasteiger partial charge in [0.05, 0.1) is 13.3 Å². The Labute approximate surface area is 100 Å². The van der Waals surface area contributed by atoms with Crippen molar-refractivity contribution in [1.82, 2.24) is 9.97 Å². The van der Waals surface area contributed by atoms with Gasteiger partial charge in [0.15, 0.2) is 5.82 Å². The van der Waals surface area contributed by atoms with Crippen molar-refractivity contribution in [3.63, 3.8) is 0 Å². The van der Waals surface area contributed by atoms with Crippen molar-refractivity contribution in [2.45, 2.75) is 20.3 Å². The van der Waals surface area contributed by atoms with Gasteiger partial charge in [-0.05, 0) is 17.8 Å². The minimum atomic E-state index is 0.335. The van der Waals surface area contributed by atoms with Gasteiger partial charge in [0.1, 0.15) is 5.02 Å². The van der Waals surface area contributed by atoms with Gasteiger partial charge in [-0.15, -0.1) is 0 Å². The molecule has 0 bridgehead atoms. The number of nitrogens with zero attached hydrogens (tertiary/aromatic N) is 2. The van der Waals surface area contributed by atoms with Crippen molar-refractivity contribution < 1.29 is 4.74 Å². The first-order chi connectivity index (χ1) is 7.53. The molecular formula is C11H16ClN3O. The SMILES string of the molecule is COc1ncc(Cl)c(NCC2CC2(C)C)n1. The fourth-order valence-corrected chi connectivity index (χ4v) is 1.88. The number of halogens is 1. The normalized spacial score (nSPS) is 21.6. The van der Waals surface area contributed by atoms with E-state index < -0.39 is 0 Å². The second-order valence-electron chi connectivity index (χ2n) is 4.82. The third kappa shape index (κ3) is 2.38. The summed E-state index contributed by atoms with van der Waals surface area (Å²) < 4.78 is 4.95. The van der Waals surface area contributed by atoms with E-state index in [2.05, 4.69) is 29.1 Å². The van der Waals surface area contributed by atoms with Gasteiger partial charge in [-0.2, -0.15) is 4.98 Å². The van der Waals surface area contributed by atoms with Crippen molar-refractivity contribution in [3.05, 3.63) is 11.2 Å². The van der Waals surface area contributed by atoms with Crippen LogP contribution >= 0.6 is 11.6 Å². The number of ether oxygens (including phenoxy) is 1. The van der Waals surface area contributed by atoms with E-state index in [0.717, 1.165) is 6.54 Å². The summed E-state index contributed by atoms with van der Waals surface area (Å²) in [6.45, 7) is 5.43. The minimum Gasteiger partial charge on any atom is -0.467 e. The van der Waals surface area contributed by atoms with E-state index in [4.69, 9.17) is 16.3 Å². The Kier molecular flexibility index (Phi) is 2.93. The second-order valence-corrected chi connectivity index (χ2v) is 5.23. The summed E-state index contributed by atoms with van der Waals surface area (Å²) in [4.78, 5) is 8.09. The zero-order chi connectivity index (χ0) is 11.8. The number of aromatic nitrogens is 2. The van der Waals surface area contributed by atoms with E-state index in [9.17, 15) is 0 Å². The largest absolute Gasteiger partial charge is 0.467 e. The quantitative estimate of drug-likeness (QED) is 0.880. The van der Waals surface area contributed by atoms with Gasteiger partial charge < -0.3 is 10.1 Å². The fraction of sp³-hybridized carbons (Fsp3) is 0.636. The van der Waals surface area contributed by atoms with Crippen LogP contribution in [-0.2, 0) is 0 Å². The molecule has 0 aliphatic heterocycles. The number of anilines is 1. The topological polar surface area (TPSA) is 47.0 Å². The Morgan fingerprint density at radius 2 is 2.31 bits per heavy atom. The van der Waals surface area contributed by atoms with Crippen LogP contribution in [0.2, 0.25) is 5.02 Å².